The lowest BCUT2D eigenvalue weighted by Gasteiger charge is -2.04. The molecule has 0 aliphatic rings. The van der Waals surface area contributed by atoms with Crippen LogP contribution in [-0.4, -0.2) is 17.8 Å². The van der Waals surface area contributed by atoms with Crippen LogP contribution in [0.1, 0.15) is 16.1 Å². The summed E-state index contributed by atoms with van der Waals surface area (Å²) in [5.41, 5.74) is 0.259. The SMILES string of the molecule is COc1ccc(C(=O)c2ccc([N+](=O)[O-])o2)cc1Cl. The van der Waals surface area contributed by atoms with E-state index < -0.39 is 16.6 Å². The normalized spacial score (nSPS) is 10.2. The first kappa shape index (κ1) is 13.1. The van der Waals surface area contributed by atoms with Crippen molar-refractivity contribution in [3.05, 3.63) is 56.8 Å². The molecule has 0 spiro atoms. The minimum absolute atomic E-state index is 0.118. The summed E-state index contributed by atoms with van der Waals surface area (Å²) >= 11 is 5.90. The lowest BCUT2D eigenvalue weighted by atomic mass is 10.1. The molecule has 2 rings (SSSR count). The van der Waals surface area contributed by atoms with E-state index in [2.05, 4.69) is 0 Å². The van der Waals surface area contributed by atoms with Gasteiger partial charge in [-0.25, -0.2) is 0 Å². The zero-order chi connectivity index (χ0) is 14.0. The first-order chi connectivity index (χ1) is 9.02. The molecule has 1 aromatic carbocycles. The van der Waals surface area contributed by atoms with Gasteiger partial charge in [-0.05, 0) is 24.3 Å². The highest BCUT2D eigenvalue weighted by Gasteiger charge is 2.19. The molecular formula is C12H8ClNO5. The van der Waals surface area contributed by atoms with Crippen LogP contribution in [0.4, 0.5) is 5.88 Å². The van der Waals surface area contributed by atoms with Crippen LogP contribution in [-0.2, 0) is 0 Å². The zero-order valence-corrected chi connectivity index (χ0v) is 10.5. The summed E-state index contributed by atoms with van der Waals surface area (Å²) in [5, 5.41) is 10.7. The van der Waals surface area contributed by atoms with Gasteiger partial charge < -0.3 is 9.15 Å². The number of halogens is 1. The van der Waals surface area contributed by atoms with Crippen molar-refractivity contribution in [1.29, 1.82) is 0 Å². The first-order valence-electron chi connectivity index (χ1n) is 5.15. The van der Waals surface area contributed by atoms with Gasteiger partial charge >= 0.3 is 5.88 Å². The number of methoxy groups -OCH3 is 1. The van der Waals surface area contributed by atoms with E-state index in [1.807, 2.05) is 0 Å². The van der Waals surface area contributed by atoms with E-state index in [9.17, 15) is 14.9 Å². The molecule has 1 aromatic heterocycles. The maximum absolute atomic E-state index is 12.0. The Bertz CT molecular complexity index is 649. The number of rotatable bonds is 4. The van der Waals surface area contributed by atoms with Gasteiger partial charge in [0.2, 0.25) is 5.78 Å². The van der Waals surface area contributed by atoms with E-state index in [4.69, 9.17) is 20.8 Å². The summed E-state index contributed by atoms with van der Waals surface area (Å²) in [6.45, 7) is 0. The summed E-state index contributed by atoms with van der Waals surface area (Å²) in [6, 6.07) is 6.82. The van der Waals surface area contributed by atoms with Gasteiger partial charge in [0, 0.05) is 5.56 Å². The molecule has 7 heteroatoms. The molecule has 19 heavy (non-hydrogen) atoms. The monoisotopic (exact) mass is 281 g/mol. The third kappa shape index (κ3) is 2.58. The van der Waals surface area contributed by atoms with Crippen LogP contribution in [0.2, 0.25) is 5.02 Å². The van der Waals surface area contributed by atoms with Crippen molar-refractivity contribution >= 4 is 23.3 Å². The number of ether oxygens (including phenoxy) is 1. The van der Waals surface area contributed by atoms with Gasteiger partial charge in [0.25, 0.3) is 0 Å². The van der Waals surface area contributed by atoms with E-state index in [1.165, 1.54) is 31.4 Å². The fraction of sp³-hybridized carbons (Fsp3) is 0.0833. The second-order valence-electron chi connectivity index (χ2n) is 3.57. The molecule has 0 amide bonds. The van der Waals surface area contributed by atoms with Crippen LogP contribution in [0, 0.1) is 10.1 Å². The quantitative estimate of drug-likeness (QED) is 0.488. The van der Waals surface area contributed by atoms with Gasteiger partial charge in [0.05, 0.1) is 18.2 Å². The Hall–Kier alpha value is -2.34. The fourth-order valence-corrected chi connectivity index (χ4v) is 1.76. The second-order valence-corrected chi connectivity index (χ2v) is 3.98. The molecule has 0 fully saturated rings. The molecule has 0 atom stereocenters. The van der Waals surface area contributed by atoms with Crippen molar-refractivity contribution < 1.29 is 18.9 Å². The van der Waals surface area contributed by atoms with Crippen molar-refractivity contribution in [3.63, 3.8) is 0 Å². The third-order valence-electron chi connectivity index (χ3n) is 2.41. The molecule has 0 bridgehead atoms. The highest BCUT2D eigenvalue weighted by molar-refractivity contribution is 6.32. The molecule has 0 radical (unpaired) electrons. The number of hydrogen-bond acceptors (Lipinski definition) is 5. The standard InChI is InChI=1S/C12H8ClNO5/c1-18-9-3-2-7(6-8(9)13)12(15)10-4-5-11(19-10)14(16)17/h2-6H,1H3. The highest BCUT2D eigenvalue weighted by atomic mass is 35.5. The van der Waals surface area contributed by atoms with Crippen LogP contribution in [0.5, 0.6) is 5.75 Å². The van der Waals surface area contributed by atoms with Gasteiger partial charge in [-0.15, -0.1) is 0 Å². The minimum Gasteiger partial charge on any atom is -0.495 e. The Balaban J connectivity index is 2.33. The number of benzene rings is 1. The number of ketones is 1. The molecular weight excluding hydrogens is 274 g/mol. The number of nitrogens with zero attached hydrogens (tertiary/aromatic N) is 1. The highest BCUT2D eigenvalue weighted by Crippen LogP contribution is 2.27. The van der Waals surface area contributed by atoms with E-state index in [0.717, 1.165) is 6.07 Å². The van der Waals surface area contributed by atoms with Crippen molar-refractivity contribution in [2.45, 2.75) is 0 Å². The smallest absolute Gasteiger partial charge is 0.433 e. The summed E-state index contributed by atoms with van der Waals surface area (Å²) in [6.07, 6.45) is 0. The first-order valence-corrected chi connectivity index (χ1v) is 5.53. The molecule has 6 nitrogen and oxygen atoms in total. The van der Waals surface area contributed by atoms with Crippen molar-refractivity contribution in [1.82, 2.24) is 0 Å². The molecule has 98 valence electrons. The molecule has 0 aliphatic carbocycles. The summed E-state index contributed by atoms with van der Waals surface area (Å²) in [7, 11) is 1.46. The average Bonchev–Trinajstić information content (AvgIpc) is 2.87. The minimum atomic E-state index is -0.711. The molecule has 1 heterocycles. The number of furan rings is 1. The van der Waals surface area contributed by atoms with E-state index in [1.54, 1.807) is 0 Å². The predicted molar refractivity (Wildman–Crippen MR) is 66.8 cm³/mol. The van der Waals surface area contributed by atoms with Gasteiger partial charge in [0.1, 0.15) is 10.7 Å². The van der Waals surface area contributed by atoms with E-state index >= 15 is 0 Å². The largest absolute Gasteiger partial charge is 0.495 e. The third-order valence-corrected chi connectivity index (χ3v) is 2.70. The van der Waals surface area contributed by atoms with Crippen LogP contribution in [0.15, 0.2) is 34.7 Å². The van der Waals surface area contributed by atoms with Crippen molar-refractivity contribution in [3.8, 4) is 5.75 Å². The Morgan fingerprint density at radius 3 is 2.63 bits per heavy atom. The van der Waals surface area contributed by atoms with E-state index in [0.29, 0.717) is 5.75 Å². The van der Waals surface area contributed by atoms with Crippen LogP contribution in [0.3, 0.4) is 0 Å². The Labute approximate surface area is 112 Å². The van der Waals surface area contributed by atoms with Crippen LogP contribution < -0.4 is 4.74 Å². The second kappa shape index (κ2) is 5.11. The summed E-state index contributed by atoms with van der Waals surface area (Å²) in [5.74, 6) is -0.655. The Morgan fingerprint density at radius 2 is 2.11 bits per heavy atom. The maximum atomic E-state index is 12.0. The van der Waals surface area contributed by atoms with Crippen molar-refractivity contribution in [2.75, 3.05) is 7.11 Å². The maximum Gasteiger partial charge on any atom is 0.433 e. The molecule has 0 saturated heterocycles. The van der Waals surface area contributed by atoms with Gasteiger partial charge in [-0.3, -0.25) is 14.9 Å². The molecule has 2 aromatic rings. The zero-order valence-electron chi connectivity index (χ0n) is 9.75. The lowest BCUT2D eigenvalue weighted by molar-refractivity contribution is -0.402. The number of hydrogen-bond donors (Lipinski definition) is 0. The van der Waals surface area contributed by atoms with Crippen LogP contribution in [0.25, 0.3) is 0 Å². The molecule has 0 aliphatic heterocycles. The van der Waals surface area contributed by atoms with Crippen molar-refractivity contribution in [2.24, 2.45) is 0 Å². The summed E-state index contributed by atoms with van der Waals surface area (Å²) < 4.78 is 9.80. The Kier molecular flexibility index (Phi) is 3.52. The average molecular weight is 282 g/mol. The topological polar surface area (TPSA) is 82.6 Å². The van der Waals surface area contributed by atoms with Crippen LogP contribution >= 0.6 is 11.6 Å². The molecule has 0 unspecified atom stereocenters. The van der Waals surface area contributed by atoms with E-state index in [-0.39, 0.29) is 16.3 Å². The number of carbonyl (C=O) groups excluding carboxylic acids is 1. The fourth-order valence-electron chi connectivity index (χ4n) is 1.50. The predicted octanol–water partition coefficient (Wildman–Crippen LogP) is 3.08. The molecule has 0 N–H and O–H groups in total. The van der Waals surface area contributed by atoms with Gasteiger partial charge in [0.15, 0.2) is 5.76 Å². The Morgan fingerprint density at radius 1 is 1.37 bits per heavy atom. The lowest BCUT2D eigenvalue weighted by Crippen LogP contribution is -2.00. The van der Waals surface area contributed by atoms with Gasteiger partial charge in [-0.2, -0.15) is 0 Å². The number of carbonyl (C=O) groups is 1. The molecule has 0 saturated carbocycles. The summed E-state index contributed by atoms with van der Waals surface area (Å²) in [4.78, 5) is 21.8. The number of nitro groups is 1. The van der Waals surface area contributed by atoms with Gasteiger partial charge in [-0.1, -0.05) is 11.6 Å².